The van der Waals surface area contributed by atoms with Crippen molar-refractivity contribution in [1.29, 1.82) is 0 Å². The third-order valence-corrected chi connectivity index (χ3v) is 3.38. The molecule has 1 aliphatic heterocycles. The summed E-state index contributed by atoms with van der Waals surface area (Å²) in [6.45, 7) is 3.64. The Labute approximate surface area is 111 Å². The van der Waals surface area contributed by atoms with Gasteiger partial charge in [-0.15, -0.1) is 0 Å². The smallest absolute Gasteiger partial charge is 0.371 e. The molecule has 1 amide bonds. The van der Waals surface area contributed by atoms with E-state index in [-0.39, 0.29) is 11.7 Å². The van der Waals surface area contributed by atoms with E-state index in [0.717, 1.165) is 25.9 Å². The van der Waals surface area contributed by atoms with Gasteiger partial charge in [-0.1, -0.05) is 0 Å². The van der Waals surface area contributed by atoms with Crippen LogP contribution >= 0.6 is 0 Å². The SMILES string of the molecule is CC(=O)N1CCC(NCc2ccc(C(=O)O)o2)CC1. The summed E-state index contributed by atoms with van der Waals surface area (Å²) in [7, 11) is 0. The van der Waals surface area contributed by atoms with Crippen molar-refractivity contribution < 1.29 is 19.1 Å². The Morgan fingerprint density at radius 1 is 1.42 bits per heavy atom. The van der Waals surface area contributed by atoms with Crippen LogP contribution in [0.3, 0.4) is 0 Å². The van der Waals surface area contributed by atoms with Crippen molar-refractivity contribution in [2.24, 2.45) is 0 Å². The van der Waals surface area contributed by atoms with Crippen LogP contribution in [0.15, 0.2) is 16.5 Å². The second kappa shape index (κ2) is 5.88. The van der Waals surface area contributed by atoms with E-state index in [4.69, 9.17) is 9.52 Å². The molecule has 104 valence electrons. The Morgan fingerprint density at radius 2 is 2.11 bits per heavy atom. The van der Waals surface area contributed by atoms with Gasteiger partial charge in [-0.25, -0.2) is 4.79 Å². The maximum atomic E-state index is 11.2. The molecule has 1 aliphatic rings. The van der Waals surface area contributed by atoms with Crippen LogP contribution in [-0.4, -0.2) is 41.0 Å². The summed E-state index contributed by atoms with van der Waals surface area (Å²) >= 11 is 0. The number of carboxylic acids is 1. The van der Waals surface area contributed by atoms with Crippen molar-refractivity contribution in [3.8, 4) is 0 Å². The fourth-order valence-electron chi connectivity index (χ4n) is 2.23. The number of hydrogen-bond acceptors (Lipinski definition) is 4. The quantitative estimate of drug-likeness (QED) is 0.852. The van der Waals surface area contributed by atoms with Crippen LogP contribution in [0.5, 0.6) is 0 Å². The predicted molar refractivity (Wildman–Crippen MR) is 67.8 cm³/mol. The second-order valence-corrected chi connectivity index (χ2v) is 4.73. The Kier molecular flexibility index (Phi) is 4.21. The molecule has 0 spiro atoms. The maximum absolute atomic E-state index is 11.2. The lowest BCUT2D eigenvalue weighted by Crippen LogP contribution is -2.43. The maximum Gasteiger partial charge on any atom is 0.371 e. The zero-order valence-corrected chi connectivity index (χ0v) is 10.9. The van der Waals surface area contributed by atoms with Crippen molar-refractivity contribution in [3.05, 3.63) is 23.7 Å². The molecule has 2 heterocycles. The van der Waals surface area contributed by atoms with Gasteiger partial charge in [0.1, 0.15) is 5.76 Å². The molecule has 2 rings (SSSR count). The molecule has 0 unspecified atom stereocenters. The van der Waals surface area contributed by atoms with Crippen molar-refractivity contribution in [2.45, 2.75) is 32.4 Å². The molecule has 0 aliphatic carbocycles. The standard InChI is InChI=1S/C13H18N2O4/c1-9(16)15-6-4-10(5-7-15)14-8-11-2-3-12(19-11)13(17)18/h2-3,10,14H,4-8H2,1H3,(H,17,18). The number of carbonyl (C=O) groups is 2. The monoisotopic (exact) mass is 266 g/mol. The molecule has 0 aromatic carbocycles. The highest BCUT2D eigenvalue weighted by atomic mass is 16.4. The molecule has 0 radical (unpaired) electrons. The van der Waals surface area contributed by atoms with Gasteiger partial charge in [-0.05, 0) is 25.0 Å². The number of furan rings is 1. The predicted octanol–water partition coefficient (Wildman–Crippen LogP) is 1.08. The Bertz CT molecular complexity index is 461. The minimum Gasteiger partial charge on any atom is -0.475 e. The number of amides is 1. The topological polar surface area (TPSA) is 82.8 Å². The third-order valence-electron chi connectivity index (χ3n) is 3.38. The minimum absolute atomic E-state index is 0.0387. The van der Waals surface area contributed by atoms with Gasteiger partial charge < -0.3 is 19.7 Å². The van der Waals surface area contributed by atoms with E-state index in [1.165, 1.54) is 6.07 Å². The van der Waals surface area contributed by atoms with Crippen molar-refractivity contribution >= 4 is 11.9 Å². The van der Waals surface area contributed by atoms with Gasteiger partial charge in [-0.3, -0.25) is 4.79 Å². The van der Waals surface area contributed by atoms with E-state index >= 15 is 0 Å². The molecule has 1 saturated heterocycles. The largest absolute Gasteiger partial charge is 0.475 e. The minimum atomic E-state index is -1.05. The lowest BCUT2D eigenvalue weighted by Gasteiger charge is -2.31. The average molecular weight is 266 g/mol. The van der Waals surface area contributed by atoms with Crippen molar-refractivity contribution in [1.82, 2.24) is 10.2 Å². The van der Waals surface area contributed by atoms with Gasteiger partial charge in [0.2, 0.25) is 11.7 Å². The Morgan fingerprint density at radius 3 is 2.63 bits per heavy atom. The number of nitrogens with zero attached hydrogens (tertiary/aromatic N) is 1. The second-order valence-electron chi connectivity index (χ2n) is 4.73. The van der Waals surface area contributed by atoms with E-state index in [1.807, 2.05) is 4.90 Å². The number of rotatable bonds is 4. The summed E-state index contributed by atoms with van der Waals surface area (Å²) in [6.07, 6.45) is 1.82. The molecular weight excluding hydrogens is 248 g/mol. The van der Waals surface area contributed by atoms with E-state index in [9.17, 15) is 9.59 Å². The third kappa shape index (κ3) is 3.57. The summed E-state index contributed by atoms with van der Waals surface area (Å²) in [4.78, 5) is 23.7. The van der Waals surface area contributed by atoms with Crippen LogP contribution in [0.2, 0.25) is 0 Å². The first kappa shape index (κ1) is 13.6. The van der Waals surface area contributed by atoms with Gasteiger partial charge in [0.05, 0.1) is 6.54 Å². The molecule has 6 nitrogen and oxygen atoms in total. The molecular formula is C13H18N2O4. The number of carbonyl (C=O) groups excluding carboxylic acids is 1. The summed E-state index contributed by atoms with van der Waals surface area (Å²) in [5.41, 5.74) is 0. The molecule has 0 atom stereocenters. The summed E-state index contributed by atoms with van der Waals surface area (Å²) in [5.74, 6) is -0.355. The highest BCUT2D eigenvalue weighted by Gasteiger charge is 2.20. The molecule has 1 fully saturated rings. The lowest BCUT2D eigenvalue weighted by molar-refractivity contribution is -0.129. The van der Waals surface area contributed by atoms with Crippen LogP contribution in [0, 0.1) is 0 Å². The van der Waals surface area contributed by atoms with Crippen LogP contribution in [0.1, 0.15) is 36.1 Å². The van der Waals surface area contributed by atoms with Gasteiger partial charge >= 0.3 is 5.97 Å². The molecule has 19 heavy (non-hydrogen) atoms. The average Bonchev–Trinajstić information content (AvgIpc) is 2.86. The summed E-state index contributed by atoms with van der Waals surface area (Å²) < 4.78 is 5.17. The van der Waals surface area contributed by atoms with Crippen LogP contribution < -0.4 is 5.32 Å². The van der Waals surface area contributed by atoms with E-state index in [0.29, 0.717) is 18.3 Å². The molecule has 6 heteroatoms. The van der Waals surface area contributed by atoms with E-state index < -0.39 is 5.97 Å². The number of carboxylic acid groups (broad SMARTS) is 1. The fourth-order valence-corrected chi connectivity index (χ4v) is 2.23. The van der Waals surface area contributed by atoms with E-state index in [1.54, 1.807) is 13.0 Å². The van der Waals surface area contributed by atoms with Crippen molar-refractivity contribution in [2.75, 3.05) is 13.1 Å². The van der Waals surface area contributed by atoms with Crippen molar-refractivity contribution in [3.63, 3.8) is 0 Å². The molecule has 0 saturated carbocycles. The van der Waals surface area contributed by atoms with Crippen LogP contribution in [0.4, 0.5) is 0 Å². The molecule has 0 bridgehead atoms. The lowest BCUT2D eigenvalue weighted by atomic mass is 10.1. The van der Waals surface area contributed by atoms with Crippen LogP contribution in [0.25, 0.3) is 0 Å². The summed E-state index contributed by atoms with van der Waals surface area (Å²) in [6, 6.07) is 3.47. The Hall–Kier alpha value is -1.82. The van der Waals surface area contributed by atoms with Gasteiger partial charge in [0.15, 0.2) is 0 Å². The first-order chi connectivity index (χ1) is 9.06. The number of piperidine rings is 1. The first-order valence-electron chi connectivity index (χ1n) is 6.37. The van der Waals surface area contributed by atoms with Gasteiger partial charge in [0.25, 0.3) is 0 Å². The zero-order chi connectivity index (χ0) is 13.8. The van der Waals surface area contributed by atoms with E-state index in [2.05, 4.69) is 5.32 Å². The molecule has 1 aromatic heterocycles. The molecule has 2 N–H and O–H groups in total. The normalized spacial score (nSPS) is 16.6. The number of likely N-dealkylation sites (tertiary alicyclic amines) is 1. The zero-order valence-electron chi connectivity index (χ0n) is 10.9. The highest BCUT2D eigenvalue weighted by Crippen LogP contribution is 2.12. The number of hydrogen-bond donors (Lipinski definition) is 2. The molecule has 1 aromatic rings. The first-order valence-corrected chi connectivity index (χ1v) is 6.37. The summed E-state index contributed by atoms with van der Waals surface area (Å²) in [5, 5.41) is 12.1. The number of aromatic carboxylic acids is 1. The van der Waals surface area contributed by atoms with Gasteiger partial charge in [-0.2, -0.15) is 0 Å². The Balaban J connectivity index is 1.77. The fraction of sp³-hybridized carbons (Fsp3) is 0.538. The van der Waals surface area contributed by atoms with Gasteiger partial charge in [0, 0.05) is 26.1 Å². The number of nitrogens with one attached hydrogen (secondary N) is 1. The highest BCUT2D eigenvalue weighted by molar-refractivity contribution is 5.84. The van der Waals surface area contributed by atoms with Crippen LogP contribution in [-0.2, 0) is 11.3 Å².